The van der Waals surface area contributed by atoms with Gasteiger partial charge in [-0.05, 0) is 44.2 Å². The molecule has 0 bridgehead atoms. The number of likely N-dealkylation sites (tertiary alicyclic amines) is 1. The highest BCUT2D eigenvalue weighted by Gasteiger charge is 2.22. The number of phenols is 1. The second-order valence-corrected chi connectivity index (χ2v) is 5.80. The van der Waals surface area contributed by atoms with Crippen LogP contribution in [0.1, 0.15) is 12.8 Å². The van der Waals surface area contributed by atoms with Crippen molar-refractivity contribution in [3.8, 4) is 5.75 Å². The fourth-order valence-corrected chi connectivity index (χ4v) is 3.02. The highest BCUT2D eigenvalue weighted by Crippen LogP contribution is 2.21. The number of benzene rings is 1. The van der Waals surface area contributed by atoms with Crippen LogP contribution in [0.5, 0.6) is 5.75 Å². The zero-order chi connectivity index (χ0) is 13.7. The Labute approximate surface area is 130 Å². The third-order valence-corrected chi connectivity index (χ3v) is 4.38. The predicted molar refractivity (Wildman–Crippen MR) is 84.7 cm³/mol. The SMILES string of the molecule is CNC1CCCN(C(=O)CSc2ccc(O)cc2)C1.Cl. The van der Waals surface area contributed by atoms with Crippen molar-refractivity contribution in [2.75, 3.05) is 25.9 Å². The number of aromatic hydroxyl groups is 1. The van der Waals surface area contributed by atoms with Gasteiger partial charge >= 0.3 is 0 Å². The van der Waals surface area contributed by atoms with Crippen LogP contribution in [0.15, 0.2) is 29.2 Å². The van der Waals surface area contributed by atoms with Crippen LogP contribution in [0.3, 0.4) is 0 Å². The first-order valence-corrected chi connectivity index (χ1v) is 7.54. The average Bonchev–Trinajstić information content (AvgIpc) is 2.46. The number of amides is 1. The summed E-state index contributed by atoms with van der Waals surface area (Å²) in [6.45, 7) is 1.68. The minimum Gasteiger partial charge on any atom is -0.508 e. The Hall–Kier alpha value is -0.910. The number of carbonyl (C=O) groups is 1. The van der Waals surface area contributed by atoms with E-state index in [0.717, 1.165) is 30.8 Å². The third kappa shape index (κ3) is 4.89. The molecule has 0 aromatic heterocycles. The lowest BCUT2D eigenvalue weighted by atomic mass is 10.1. The number of rotatable bonds is 4. The summed E-state index contributed by atoms with van der Waals surface area (Å²) in [7, 11) is 1.95. The molecule has 1 fully saturated rings. The van der Waals surface area contributed by atoms with Crippen molar-refractivity contribution in [1.29, 1.82) is 0 Å². The van der Waals surface area contributed by atoms with Gasteiger partial charge in [0.15, 0.2) is 0 Å². The maximum atomic E-state index is 12.1. The van der Waals surface area contributed by atoms with E-state index in [1.807, 2.05) is 24.1 Å². The second kappa shape index (κ2) is 8.39. The van der Waals surface area contributed by atoms with Crippen LogP contribution in [-0.2, 0) is 4.79 Å². The number of thioether (sulfide) groups is 1. The Morgan fingerprint density at radius 3 is 2.80 bits per heavy atom. The first-order chi connectivity index (χ1) is 9.19. The highest BCUT2D eigenvalue weighted by molar-refractivity contribution is 8.00. The van der Waals surface area contributed by atoms with Crippen molar-refractivity contribution < 1.29 is 9.90 Å². The molecule has 1 heterocycles. The van der Waals surface area contributed by atoms with Gasteiger partial charge in [-0.2, -0.15) is 0 Å². The first kappa shape index (κ1) is 17.1. The Bertz CT molecular complexity index is 428. The molecular weight excluding hydrogens is 296 g/mol. The molecule has 1 aliphatic rings. The molecular formula is C14H21ClN2O2S. The maximum absolute atomic E-state index is 12.1. The number of halogens is 1. The monoisotopic (exact) mass is 316 g/mol. The molecule has 1 aromatic rings. The van der Waals surface area contributed by atoms with Gasteiger partial charge in [0, 0.05) is 24.0 Å². The zero-order valence-corrected chi connectivity index (χ0v) is 13.2. The largest absolute Gasteiger partial charge is 0.508 e. The lowest BCUT2D eigenvalue weighted by molar-refractivity contribution is -0.129. The summed E-state index contributed by atoms with van der Waals surface area (Å²) in [5, 5.41) is 12.4. The second-order valence-electron chi connectivity index (χ2n) is 4.75. The van der Waals surface area contributed by atoms with Gasteiger partial charge in [0.2, 0.25) is 5.91 Å². The summed E-state index contributed by atoms with van der Waals surface area (Å²) in [6, 6.07) is 7.38. The molecule has 2 N–H and O–H groups in total. The molecule has 6 heteroatoms. The molecule has 1 saturated heterocycles. The van der Waals surface area contributed by atoms with Crippen LogP contribution in [0.4, 0.5) is 0 Å². The van der Waals surface area contributed by atoms with E-state index in [4.69, 9.17) is 0 Å². The van der Waals surface area contributed by atoms with Crippen molar-refractivity contribution in [1.82, 2.24) is 10.2 Å². The molecule has 1 aliphatic heterocycles. The van der Waals surface area contributed by atoms with Gasteiger partial charge in [0.1, 0.15) is 5.75 Å². The van der Waals surface area contributed by atoms with Crippen LogP contribution in [0, 0.1) is 0 Å². The van der Waals surface area contributed by atoms with Gasteiger partial charge in [-0.1, -0.05) is 0 Å². The van der Waals surface area contributed by atoms with E-state index in [0.29, 0.717) is 11.8 Å². The molecule has 1 atom stereocenters. The number of hydrogen-bond donors (Lipinski definition) is 2. The molecule has 0 radical (unpaired) electrons. The Kier molecular flexibility index (Phi) is 7.19. The highest BCUT2D eigenvalue weighted by atomic mass is 35.5. The number of hydrogen-bond acceptors (Lipinski definition) is 4. The van der Waals surface area contributed by atoms with E-state index in [1.165, 1.54) is 11.8 Å². The Balaban J connectivity index is 0.00000200. The summed E-state index contributed by atoms with van der Waals surface area (Å²) in [4.78, 5) is 15.1. The fourth-order valence-electron chi connectivity index (χ4n) is 2.22. The van der Waals surface area contributed by atoms with Crippen molar-refractivity contribution in [3.63, 3.8) is 0 Å². The summed E-state index contributed by atoms with van der Waals surface area (Å²) in [6.07, 6.45) is 2.21. The van der Waals surface area contributed by atoms with E-state index >= 15 is 0 Å². The molecule has 1 amide bonds. The normalized spacial score (nSPS) is 18.4. The molecule has 2 rings (SSSR count). The van der Waals surface area contributed by atoms with E-state index in [1.54, 1.807) is 12.1 Å². The zero-order valence-electron chi connectivity index (χ0n) is 11.5. The molecule has 112 valence electrons. The van der Waals surface area contributed by atoms with Gasteiger partial charge in [-0.15, -0.1) is 24.2 Å². The fraction of sp³-hybridized carbons (Fsp3) is 0.500. The van der Waals surface area contributed by atoms with Crippen LogP contribution in [0.2, 0.25) is 0 Å². The minimum absolute atomic E-state index is 0. The van der Waals surface area contributed by atoms with Gasteiger partial charge in [0.05, 0.1) is 5.75 Å². The van der Waals surface area contributed by atoms with E-state index in [-0.39, 0.29) is 24.1 Å². The van der Waals surface area contributed by atoms with Crippen LogP contribution >= 0.6 is 24.2 Å². The van der Waals surface area contributed by atoms with E-state index in [2.05, 4.69) is 5.32 Å². The standard InChI is InChI=1S/C14H20N2O2S.ClH/c1-15-11-3-2-8-16(9-11)14(18)10-19-13-6-4-12(17)5-7-13;/h4-7,11,15,17H,2-3,8-10H2,1H3;1H. The Morgan fingerprint density at radius 2 is 2.15 bits per heavy atom. The lowest BCUT2D eigenvalue weighted by Gasteiger charge is -2.32. The quantitative estimate of drug-likeness (QED) is 0.836. The molecule has 1 unspecified atom stereocenters. The van der Waals surface area contributed by atoms with E-state index in [9.17, 15) is 9.90 Å². The van der Waals surface area contributed by atoms with Gasteiger partial charge < -0.3 is 15.3 Å². The summed E-state index contributed by atoms with van der Waals surface area (Å²) in [5.41, 5.74) is 0. The number of nitrogens with one attached hydrogen (secondary N) is 1. The summed E-state index contributed by atoms with van der Waals surface area (Å²) < 4.78 is 0. The number of phenolic OH excluding ortho intramolecular Hbond substituents is 1. The molecule has 0 aliphatic carbocycles. The minimum atomic E-state index is 0. The van der Waals surface area contributed by atoms with E-state index < -0.39 is 0 Å². The van der Waals surface area contributed by atoms with Crippen LogP contribution in [0.25, 0.3) is 0 Å². The number of carbonyl (C=O) groups excluding carboxylic acids is 1. The Morgan fingerprint density at radius 1 is 1.45 bits per heavy atom. The first-order valence-electron chi connectivity index (χ1n) is 6.56. The third-order valence-electron chi connectivity index (χ3n) is 3.38. The molecule has 1 aromatic carbocycles. The smallest absolute Gasteiger partial charge is 0.232 e. The van der Waals surface area contributed by atoms with Crippen LogP contribution in [-0.4, -0.2) is 47.8 Å². The van der Waals surface area contributed by atoms with Crippen molar-refractivity contribution in [2.24, 2.45) is 0 Å². The number of likely N-dealkylation sites (N-methyl/N-ethyl adjacent to an activating group) is 1. The van der Waals surface area contributed by atoms with Crippen molar-refractivity contribution in [3.05, 3.63) is 24.3 Å². The topological polar surface area (TPSA) is 52.6 Å². The predicted octanol–water partition coefficient (Wildman–Crippen LogP) is 2.12. The summed E-state index contributed by atoms with van der Waals surface area (Å²) >= 11 is 1.52. The molecule has 0 spiro atoms. The molecule has 4 nitrogen and oxygen atoms in total. The van der Waals surface area contributed by atoms with Gasteiger partial charge in [-0.25, -0.2) is 0 Å². The molecule has 20 heavy (non-hydrogen) atoms. The lowest BCUT2D eigenvalue weighted by Crippen LogP contribution is -2.47. The van der Waals surface area contributed by atoms with Gasteiger partial charge in [-0.3, -0.25) is 4.79 Å². The van der Waals surface area contributed by atoms with Crippen molar-refractivity contribution >= 4 is 30.1 Å². The maximum Gasteiger partial charge on any atom is 0.232 e. The van der Waals surface area contributed by atoms with Crippen molar-refractivity contribution in [2.45, 2.75) is 23.8 Å². The van der Waals surface area contributed by atoms with Crippen LogP contribution < -0.4 is 5.32 Å². The number of nitrogens with zero attached hydrogens (tertiary/aromatic N) is 1. The molecule has 0 saturated carbocycles. The number of piperidine rings is 1. The summed E-state index contributed by atoms with van der Waals surface area (Å²) in [5.74, 6) is 0.905. The average molecular weight is 317 g/mol. The van der Waals surface area contributed by atoms with Gasteiger partial charge in [0.25, 0.3) is 0 Å².